The average molecular weight is 216 g/mol. The first kappa shape index (κ1) is 11.4. The molecule has 0 saturated carbocycles. The highest BCUT2D eigenvalue weighted by molar-refractivity contribution is 5.32. The maximum atomic E-state index is 9.58. The van der Waals surface area contributed by atoms with Crippen molar-refractivity contribution in [3.8, 4) is 0 Å². The third-order valence-electron chi connectivity index (χ3n) is 3.43. The van der Waals surface area contributed by atoms with Crippen LogP contribution in [0.25, 0.3) is 0 Å². The Balaban J connectivity index is 2.11. The number of aliphatic hydroxyl groups is 1. The van der Waals surface area contributed by atoms with Crippen molar-refractivity contribution in [3.63, 3.8) is 0 Å². The molecule has 0 saturated heterocycles. The second kappa shape index (κ2) is 4.84. The molecule has 0 fully saturated rings. The Morgan fingerprint density at radius 1 is 1.25 bits per heavy atom. The van der Waals surface area contributed by atoms with E-state index in [2.05, 4.69) is 32.0 Å². The molecule has 0 bridgehead atoms. The van der Waals surface area contributed by atoms with Crippen LogP contribution in [0.5, 0.6) is 0 Å². The summed E-state index contributed by atoms with van der Waals surface area (Å²) in [6, 6.07) is 6.64. The number of allylic oxidation sites excluding steroid dienone is 1. The van der Waals surface area contributed by atoms with Crippen molar-refractivity contribution in [3.05, 3.63) is 46.5 Å². The van der Waals surface area contributed by atoms with Gasteiger partial charge in [-0.1, -0.05) is 29.8 Å². The fraction of sp³-hybridized carbons (Fsp3) is 0.467. The molecule has 1 nitrogen and oxygen atoms in total. The minimum Gasteiger partial charge on any atom is -0.389 e. The van der Waals surface area contributed by atoms with E-state index >= 15 is 0 Å². The summed E-state index contributed by atoms with van der Waals surface area (Å²) in [7, 11) is 0. The molecule has 0 radical (unpaired) electrons. The highest BCUT2D eigenvalue weighted by atomic mass is 16.3. The standard InChI is InChI=1S/C15H20O/c1-11-6-7-14(8-12(11)2)9-13-4-3-5-15(16)10-13/h6-8,10,15-16H,3-5,9H2,1-2H3. The van der Waals surface area contributed by atoms with Crippen molar-refractivity contribution in [2.75, 3.05) is 0 Å². The Hall–Kier alpha value is -1.08. The first-order chi connectivity index (χ1) is 7.65. The number of benzene rings is 1. The van der Waals surface area contributed by atoms with Gasteiger partial charge in [-0.2, -0.15) is 0 Å². The summed E-state index contributed by atoms with van der Waals surface area (Å²) in [4.78, 5) is 0. The van der Waals surface area contributed by atoms with Gasteiger partial charge in [-0.05, 0) is 56.2 Å². The maximum absolute atomic E-state index is 9.58. The molecular formula is C15H20O. The molecule has 1 unspecified atom stereocenters. The normalized spacial score (nSPS) is 20.7. The SMILES string of the molecule is Cc1ccc(CC2=CC(O)CCC2)cc1C. The van der Waals surface area contributed by atoms with Crippen molar-refractivity contribution in [2.45, 2.75) is 45.6 Å². The summed E-state index contributed by atoms with van der Waals surface area (Å²) >= 11 is 0. The highest BCUT2D eigenvalue weighted by Gasteiger charge is 2.11. The lowest BCUT2D eigenvalue weighted by Crippen LogP contribution is -2.10. The Morgan fingerprint density at radius 3 is 2.75 bits per heavy atom. The van der Waals surface area contributed by atoms with E-state index < -0.39 is 0 Å². The quantitative estimate of drug-likeness (QED) is 0.752. The van der Waals surface area contributed by atoms with Crippen LogP contribution in [0.1, 0.15) is 36.0 Å². The van der Waals surface area contributed by atoms with Crippen LogP contribution in [0.15, 0.2) is 29.8 Å². The van der Waals surface area contributed by atoms with Crippen LogP contribution < -0.4 is 0 Å². The zero-order valence-corrected chi connectivity index (χ0v) is 10.2. The van der Waals surface area contributed by atoms with E-state index in [1.165, 1.54) is 22.3 Å². The fourth-order valence-electron chi connectivity index (χ4n) is 2.30. The lowest BCUT2D eigenvalue weighted by atomic mass is 9.92. The maximum Gasteiger partial charge on any atom is 0.0723 e. The number of rotatable bonds is 2. The number of hydrogen-bond acceptors (Lipinski definition) is 1. The van der Waals surface area contributed by atoms with Gasteiger partial charge in [0, 0.05) is 0 Å². The Kier molecular flexibility index (Phi) is 3.45. The molecule has 1 aromatic carbocycles. The highest BCUT2D eigenvalue weighted by Crippen LogP contribution is 2.22. The smallest absolute Gasteiger partial charge is 0.0723 e. The van der Waals surface area contributed by atoms with E-state index in [0.29, 0.717) is 0 Å². The van der Waals surface area contributed by atoms with E-state index in [1.54, 1.807) is 0 Å². The molecule has 86 valence electrons. The summed E-state index contributed by atoms with van der Waals surface area (Å²) in [5.41, 5.74) is 5.46. The van der Waals surface area contributed by atoms with Gasteiger partial charge >= 0.3 is 0 Å². The largest absolute Gasteiger partial charge is 0.389 e. The van der Waals surface area contributed by atoms with Crippen molar-refractivity contribution in [1.82, 2.24) is 0 Å². The minimum atomic E-state index is -0.213. The average Bonchev–Trinajstić information content (AvgIpc) is 2.24. The second-order valence-corrected chi connectivity index (χ2v) is 4.88. The van der Waals surface area contributed by atoms with Crippen LogP contribution >= 0.6 is 0 Å². The van der Waals surface area contributed by atoms with Gasteiger partial charge in [-0.25, -0.2) is 0 Å². The monoisotopic (exact) mass is 216 g/mol. The third kappa shape index (κ3) is 2.73. The van der Waals surface area contributed by atoms with E-state index in [1.807, 2.05) is 6.08 Å². The number of hydrogen-bond donors (Lipinski definition) is 1. The van der Waals surface area contributed by atoms with Gasteiger partial charge in [0.05, 0.1) is 6.10 Å². The van der Waals surface area contributed by atoms with E-state index in [9.17, 15) is 5.11 Å². The summed E-state index contributed by atoms with van der Waals surface area (Å²) in [5, 5.41) is 9.58. The van der Waals surface area contributed by atoms with Gasteiger partial charge in [0.15, 0.2) is 0 Å². The molecule has 1 aromatic rings. The second-order valence-electron chi connectivity index (χ2n) is 4.88. The molecule has 1 heteroatoms. The van der Waals surface area contributed by atoms with Crippen molar-refractivity contribution in [2.24, 2.45) is 0 Å². The molecule has 0 spiro atoms. The van der Waals surface area contributed by atoms with E-state index in [0.717, 1.165) is 25.7 Å². The molecule has 1 aliphatic carbocycles. The summed E-state index contributed by atoms with van der Waals surface area (Å²) in [6.07, 6.45) is 6.02. The molecule has 1 N–H and O–H groups in total. The lowest BCUT2D eigenvalue weighted by molar-refractivity contribution is 0.202. The third-order valence-corrected chi connectivity index (χ3v) is 3.43. The van der Waals surface area contributed by atoms with Crippen molar-refractivity contribution < 1.29 is 5.11 Å². The van der Waals surface area contributed by atoms with Gasteiger partial charge in [0.1, 0.15) is 0 Å². The zero-order chi connectivity index (χ0) is 11.5. The van der Waals surface area contributed by atoms with Crippen LogP contribution in [0, 0.1) is 13.8 Å². The molecule has 16 heavy (non-hydrogen) atoms. The predicted molar refractivity (Wildman–Crippen MR) is 67.6 cm³/mol. The Morgan fingerprint density at radius 2 is 2.06 bits per heavy atom. The van der Waals surface area contributed by atoms with E-state index in [4.69, 9.17) is 0 Å². The van der Waals surface area contributed by atoms with Gasteiger partial charge in [0.2, 0.25) is 0 Å². The molecule has 1 atom stereocenters. The minimum absolute atomic E-state index is 0.213. The number of aliphatic hydroxyl groups excluding tert-OH is 1. The molecule has 0 aliphatic heterocycles. The van der Waals surface area contributed by atoms with Gasteiger partial charge in [-0.3, -0.25) is 0 Å². The van der Waals surface area contributed by atoms with Gasteiger partial charge < -0.3 is 5.11 Å². The van der Waals surface area contributed by atoms with Gasteiger partial charge in [0.25, 0.3) is 0 Å². The molecule has 0 amide bonds. The lowest BCUT2D eigenvalue weighted by Gasteiger charge is -2.17. The number of aryl methyl sites for hydroxylation is 2. The fourth-order valence-corrected chi connectivity index (χ4v) is 2.30. The van der Waals surface area contributed by atoms with Crippen LogP contribution in [0.4, 0.5) is 0 Å². The van der Waals surface area contributed by atoms with Crippen LogP contribution in [0.3, 0.4) is 0 Å². The summed E-state index contributed by atoms with van der Waals surface area (Å²) < 4.78 is 0. The zero-order valence-electron chi connectivity index (χ0n) is 10.2. The predicted octanol–water partition coefficient (Wildman–Crippen LogP) is 3.32. The first-order valence-electron chi connectivity index (χ1n) is 6.09. The summed E-state index contributed by atoms with van der Waals surface area (Å²) in [5.74, 6) is 0. The van der Waals surface area contributed by atoms with Gasteiger partial charge in [-0.15, -0.1) is 0 Å². The molecular weight excluding hydrogens is 196 g/mol. The first-order valence-corrected chi connectivity index (χ1v) is 6.09. The molecule has 1 aliphatic rings. The van der Waals surface area contributed by atoms with Crippen LogP contribution in [0.2, 0.25) is 0 Å². The molecule has 0 aromatic heterocycles. The van der Waals surface area contributed by atoms with Crippen LogP contribution in [-0.2, 0) is 6.42 Å². The topological polar surface area (TPSA) is 20.2 Å². The Bertz CT molecular complexity index is 404. The molecule has 2 rings (SSSR count). The molecule has 0 heterocycles. The van der Waals surface area contributed by atoms with Crippen molar-refractivity contribution >= 4 is 0 Å². The summed E-state index contributed by atoms with van der Waals surface area (Å²) in [6.45, 7) is 4.30. The van der Waals surface area contributed by atoms with Crippen LogP contribution in [-0.4, -0.2) is 11.2 Å². The van der Waals surface area contributed by atoms with Crippen molar-refractivity contribution in [1.29, 1.82) is 0 Å². The Labute approximate surface area is 97.8 Å². The van der Waals surface area contributed by atoms with E-state index in [-0.39, 0.29) is 6.10 Å².